The molecule has 0 bridgehead atoms. The molecule has 1 saturated heterocycles. The molecule has 3 nitrogen and oxygen atoms in total. The minimum absolute atomic E-state index is 0.294. The van der Waals surface area contributed by atoms with Crippen LogP contribution in [0.25, 0.3) is 0 Å². The Balaban J connectivity index is 2.09. The number of ether oxygens (including phenoxy) is 1. The largest absolute Gasteiger partial charge is 0.508 e. The van der Waals surface area contributed by atoms with Gasteiger partial charge in [-0.25, -0.2) is 0 Å². The van der Waals surface area contributed by atoms with Gasteiger partial charge in [0.25, 0.3) is 0 Å². The normalized spacial score (nSPS) is 26.6. The van der Waals surface area contributed by atoms with Gasteiger partial charge in [0.05, 0.1) is 6.10 Å². The lowest BCUT2D eigenvalue weighted by Gasteiger charge is -2.10. The first-order valence-electron chi connectivity index (χ1n) is 4.84. The van der Waals surface area contributed by atoms with Crippen molar-refractivity contribution in [3.63, 3.8) is 0 Å². The van der Waals surface area contributed by atoms with Crippen molar-refractivity contribution in [2.24, 2.45) is 0 Å². The van der Waals surface area contributed by atoms with Crippen LogP contribution in [-0.4, -0.2) is 24.9 Å². The lowest BCUT2D eigenvalue weighted by molar-refractivity contribution is 0.117. The number of hydrogen-bond acceptors (Lipinski definition) is 3. The molecule has 0 radical (unpaired) electrons. The lowest BCUT2D eigenvalue weighted by Crippen LogP contribution is -2.16. The van der Waals surface area contributed by atoms with Gasteiger partial charge in [0.1, 0.15) is 5.75 Å². The lowest BCUT2D eigenvalue weighted by atomic mass is 10.0. The number of phenolic OH excluding ortho intramolecular Hbond substituents is 1. The van der Waals surface area contributed by atoms with Gasteiger partial charge in [0.2, 0.25) is 0 Å². The maximum absolute atomic E-state index is 9.34. The third-order valence-electron chi connectivity index (χ3n) is 2.70. The van der Waals surface area contributed by atoms with E-state index < -0.39 is 0 Å². The summed E-state index contributed by atoms with van der Waals surface area (Å²) in [5.41, 5.74) is 1.13. The molecule has 76 valence electrons. The fraction of sp³-hybridized carbons (Fsp3) is 0.455. The van der Waals surface area contributed by atoms with Crippen LogP contribution in [0.5, 0.6) is 5.75 Å². The summed E-state index contributed by atoms with van der Waals surface area (Å²) >= 11 is 0. The Hall–Kier alpha value is -1.06. The highest BCUT2D eigenvalue weighted by atomic mass is 16.5. The molecule has 0 aliphatic carbocycles. The van der Waals surface area contributed by atoms with E-state index in [0.717, 1.165) is 18.5 Å². The Kier molecular flexibility index (Phi) is 2.70. The van der Waals surface area contributed by atoms with Crippen molar-refractivity contribution in [1.82, 2.24) is 5.32 Å². The van der Waals surface area contributed by atoms with E-state index in [9.17, 15) is 5.11 Å². The minimum Gasteiger partial charge on any atom is -0.508 e. The molecule has 2 atom stereocenters. The quantitative estimate of drug-likeness (QED) is 0.746. The van der Waals surface area contributed by atoms with E-state index >= 15 is 0 Å². The van der Waals surface area contributed by atoms with Crippen molar-refractivity contribution in [2.75, 3.05) is 13.7 Å². The smallest absolute Gasteiger partial charge is 0.115 e. The molecule has 0 amide bonds. The Morgan fingerprint density at radius 2 is 2.36 bits per heavy atom. The number of aromatic hydroxyl groups is 1. The average molecular weight is 193 g/mol. The molecule has 0 aromatic heterocycles. The molecule has 2 rings (SSSR count). The highest BCUT2D eigenvalue weighted by Crippen LogP contribution is 2.26. The van der Waals surface area contributed by atoms with Gasteiger partial charge in [-0.05, 0) is 24.1 Å². The van der Waals surface area contributed by atoms with Crippen molar-refractivity contribution in [3.05, 3.63) is 29.8 Å². The summed E-state index contributed by atoms with van der Waals surface area (Å²) in [5.74, 6) is 0.324. The molecule has 3 heteroatoms. The molecule has 1 aromatic rings. The second-order valence-corrected chi connectivity index (χ2v) is 3.65. The van der Waals surface area contributed by atoms with Gasteiger partial charge in [-0.2, -0.15) is 0 Å². The van der Waals surface area contributed by atoms with Gasteiger partial charge in [0.15, 0.2) is 0 Å². The molecule has 1 aliphatic heterocycles. The summed E-state index contributed by atoms with van der Waals surface area (Å²) < 4.78 is 5.27. The van der Waals surface area contributed by atoms with Crippen LogP contribution in [0.3, 0.4) is 0 Å². The Labute approximate surface area is 83.7 Å². The van der Waals surface area contributed by atoms with Crippen LogP contribution >= 0.6 is 0 Å². The summed E-state index contributed by atoms with van der Waals surface area (Å²) in [5, 5.41) is 12.7. The number of phenols is 1. The first-order valence-corrected chi connectivity index (χ1v) is 4.84. The van der Waals surface area contributed by atoms with E-state index in [1.807, 2.05) is 12.1 Å². The average Bonchev–Trinajstić information content (AvgIpc) is 2.66. The van der Waals surface area contributed by atoms with Gasteiger partial charge in [-0.1, -0.05) is 12.1 Å². The van der Waals surface area contributed by atoms with Crippen LogP contribution in [0.15, 0.2) is 24.3 Å². The molecule has 14 heavy (non-hydrogen) atoms. The van der Waals surface area contributed by atoms with Crippen LogP contribution in [-0.2, 0) is 4.74 Å². The zero-order valence-electron chi connectivity index (χ0n) is 8.23. The van der Waals surface area contributed by atoms with Crippen molar-refractivity contribution >= 4 is 0 Å². The maximum Gasteiger partial charge on any atom is 0.115 e. The summed E-state index contributed by atoms with van der Waals surface area (Å²) in [4.78, 5) is 0. The Bertz CT molecular complexity index is 314. The summed E-state index contributed by atoms with van der Waals surface area (Å²) in [6.45, 7) is 0.886. The molecule has 1 aliphatic rings. The minimum atomic E-state index is 0.294. The van der Waals surface area contributed by atoms with E-state index in [2.05, 4.69) is 5.32 Å². The van der Waals surface area contributed by atoms with E-state index in [0.29, 0.717) is 17.9 Å². The molecule has 0 spiro atoms. The molecule has 1 aromatic carbocycles. The monoisotopic (exact) mass is 193 g/mol. The second kappa shape index (κ2) is 3.98. The van der Waals surface area contributed by atoms with Gasteiger partial charge in [-0.15, -0.1) is 0 Å². The van der Waals surface area contributed by atoms with Crippen LogP contribution in [0.2, 0.25) is 0 Å². The van der Waals surface area contributed by atoms with Crippen LogP contribution < -0.4 is 5.32 Å². The second-order valence-electron chi connectivity index (χ2n) is 3.65. The third kappa shape index (κ3) is 1.89. The topological polar surface area (TPSA) is 41.5 Å². The number of hydrogen-bond donors (Lipinski definition) is 2. The van der Waals surface area contributed by atoms with Crippen LogP contribution in [0, 0.1) is 0 Å². The third-order valence-corrected chi connectivity index (χ3v) is 2.70. The number of methoxy groups -OCH3 is 1. The molecular weight excluding hydrogens is 178 g/mol. The summed E-state index contributed by atoms with van der Waals surface area (Å²) in [6.07, 6.45) is 1.27. The molecular formula is C11H15NO2. The van der Waals surface area contributed by atoms with Crippen LogP contribution in [0.4, 0.5) is 0 Å². The standard InChI is InChI=1S/C11H15NO2/c1-14-10-6-11(12-7-10)8-3-2-4-9(13)5-8/h2-5,10-13H,6-7H2,1H3. The van der Waals surface area contributed by atoms with Crippen molar-refractivity contribution in [3.8, 4) is 5.75 Å². The predicted octanol–water partition coefficient (Wildman–Crippen LogP) is 1.44. The zero-order chi connectivity index (χ0) is 9.97. The van der Waals surface area contributed by atoms with E-state index in [1.165, 1.54) is 0 Å². The van der Waals surface area contributed by atoms with Crippen molar-refractivity contribution in [2.45, 2.75) is 18.6 Å². The van der Waals surface area contributed by atoms with Gasteiger partial charge in [-0.3, -0.25) is 0 Å². The summed E-state index contributed by atoms with van der Waals surface area (Å²) in [6, 6.07) is 7.69. The highest BCUT2D eigenvalue weighted by molar-refractivity contribution is 5.30. The van der Waals surface area contributed by atoms with E-state index in [4.69, 9.17) is 4.74 Å². The maximum atomic E-state index is 9.34. The van der Waals surface area contributed by atoms with Gasteiger partial charge in [0, 0.05) is 19.7 Å². The predicted molar refractivity (Wildman–Crippen MR) is 54.3 cm³/mol. The van der Waals surface area contributed by atoms with Gasteiger partial charge < -0.3 is 15.2 Å². The molecule has 2 N–H and O–H groups in total. The van der Waals surface area contributed by atoms with Crippen LogP contribution in [0.1, 0.15) is 18.0 Å². The molecule has 1 heterocycles. The SMILES string of the molecule is COC1CNC(c2cccc(O)c2)C1. The highest BCUT2D eigenvalue weighted by Gasteiger charge is 2.24. The number of nitrogens with one attached hydrogen (secondary N) is 1. The fourth-order valence-electron chi connectivity index (χ4n) is 1.88. The molecule has 0 saturated carbocycles. The fourth-order valence-corrected chi connectivity index (χ4v) is 1.88. The van der Waals surface area contributed by atoms with Crippen molar-refractivity contribution in [1.29, 1.82) is 0 Å². The Morgan fingerprint density at radius 1 is 1.50 bits per heavy atom. The first kappa shape index (κ1) is 9.49. The molecule has 2 unspecified atom stereocenters. The van der Waals surface area contributed by atoms with E-state index in [1.54, 1.807) is 19.2 Å². The first-order chi connectivity index (χ1) is 6.79. The van der Waals surface area contributed by atoms with E-state index in [-0.39, 0.29) is 0 Å². The zero-order valence-corrected chi connectivity index (χ0v) is 8.23. The summed E-state index contributed by atoms with van der Waals surface area (Å²) in [7, 11) is 1.73. The number of rotatable bonds is 2. The van der Waals surface area contributed by atoms with Gasteiger partial charge >= 0.3 is 0 Å². The van der Waals surface area contributed by atoms with Crippen molar-refractivity contribution < 1.29 is 9.84 Å². The Morgan fingerprint density at radius 3 is 3.00 bits per heavy atom. The molecule has 1 fully saturated rings. The number of benzene rings is 1.